The van der Waals surface area contributed by atoms with Crippen LogP contribution in [0.4, 0.5) is 0 Å². The maximum absolute atomic E-state index is 11.2. The van der Waals surface area contributed by atoms with Crippen molar-refractivity contribution in [2.24, 2.45) is 5.84 Å². The molecule has 0 aliphatic heterocycles. The molecule has 8 nitrogen and oxygen atoms in total. The second-order valence-electron chi connectivity index (χ2n) is 4.59. The Balaban J connectivity index is 1.82. The van der Waals surface area contributed by atoms with Gasteiger partial charge in [0.05, 0.1) is 19.3 Å². The number of hydrogen-bond donors (Lipinski definition) is 2. The van der Waals surface area contributed by atoms with E-state index in [-0.39, 0.29) is 5.69 Å². The molecule has 0 bridgehead atoms. The number of hydrogen-bond acceptors (Lipinski definition) is 6. The van der Waals surface area contributed by atoms with Gasteiger partial charge in [-0.2, -0.15) is 0 Å². The van der Waals surface area contributed by atoms with Gasteiger partial charge < -0.3 is 4.42 Å². The van der Waals surface area contributed by atoms with Crippen molar-refractivity contribution in [3.63, 3.8) is 0 Å². The summed E-state index contributed by atoms with van der Waals surface area (Å²) >= 11 is 0. The molecule has 1 amide bonds. The highest BCUT2D eigenvalue weighted by Gasteiger charge is 2.09. The zero-order valence-corrected chi connectivity index (χ0v) is 11.5. The van der Waals surface area contributed by atoms with Crippen LogP contribution in [0.1, 0.15) is 22.0 Å². The summed E-state index contributed by atoms with van der Waals surface area (Å²) in [5, 5.41) is 7.60. The summed E-state index contributed by atoms with van der Waals surface area (Å²) in [5.74, 6) is 6.41. The maximum atomic E-state index is 11.2. The van der Waals surface area contributed by atoms with E-state index < -0.39 is 5.91 Å². The lowest BCUT2D eigenvalue weighted by molar-refractivity contribution is 0.0948. The fourth-order valence-electron chi connectivity index (χ4n) is 1.77. The summed E-state index contributed by atoms with van der Waals surface area (Å²) in [6.07, 6.45) is 1.56. The predicted octanol–water partition coefficient (Wildman–Crippen LogP) is -0.0850. The van der Waals surface area contributed by atoms with Crippen LogP contribution >= 0.6 is 0 Å². The Morgan fingerprint density at radius 3 is 3.00 bits per heavy atom. The lowest BCUT2D eigenvalue weighted by atomic mass is 10.4. The number of nitrogens with zero attached hydrogens (tertiary/aromatic N) is 4. The summed E-state index contributed by atoms with van der Waals surface area (Å²) in [5.41, 5.74) is 2.22. The first-order valence-electron chi connectivity index (χ1n) is 6.23. The molecule has 0 fully saturated rings. The molecule has 8 heteroatoms. The number of nitrogens with one attached hydrogen (secondary N) is 1. The monoisotopic (exact) mass is 278 g/mol. The number of aromatic nitrogens is 3. The van der Waals surface area contributed by atoms with Crippen LogP contribution in [-0.2, 0) is 13.1 Å². The Morgan fingerprint density at radius 1 is 1.55 bits per heavy atom. The number of rotatable bonds is 6. The quantitative estimate of drug-likeness (QED) is 0.435. The molecule has 108 valence electrons. The van der Waals surface area contributed by atoms with Gasteiger partial charge in [0.1, 0.15) is 11.5 Å². The van der Waals surface area contributed by atoms with Crippen LogP contribution in [0.3, 0.4) is 0 Å². The molecule has 0 aromatic carbocycles. The summed E-state index contributed by atoms with van der Waals surface area (Å²) in [4.78, 5) is 13.3. The van der Waals surface area contributed by atoms with Crippen LogP contribution in [0.2, 0.25) is 0 Å². The van der Waals surface area contributed by atoms with Gasteiger partial charge >= 0.3 is 0 Å². The molecule has 0 radical (unpaired) electrons. The third-order valence-corrected chi connectivity index (χ3v) is 2.83. The van der Waals surface area contributed by atoms with Crippen molar-refractivity contribution in [3.8, 4) is 0 Å². The summed E-state index contributed by atoms with van der Waals surface area (Å²) in [7, 11) is 1.99. The van der Waals surface area contributed by atoms with E-state index in [0.717, 1.165) is 24.6 Å². The molecule has 2 heterocycles. The van der Waals surface area contributed by atoms with E-state index in [2.05, 4.69) is 15.2 Å². The molecule has 3 N–H and O–H groups in total. The predicted molar refractivity (Wildman–Crippen MR) is 71.5 cm³/mol. The van der Waals surface area contributed by atoms with Crippen molar-refractivity contribution in [1.29, 1.82) is 0 Å². The van der Waals surface area contributed by atoms with Gasteiger partial charge in [-0.3, -0.25) is 19.8 Å². The summed E-state index contributed by atoms with van der Waals surface area (Å²) in [6.45, 7) is 4.02. The van der Waals surface area contributed by atoms with Crippen LogP contribution in [0.15, 0.2) is 22.7 Å². The number of carbonyl (C=O) groups is 1. The lowest BCUT2D eigenvalue weighted by Gasteiger charge is -2.14. The van der Waals surface area contributed by atoms with Crippen LogP contribution in [-0.4, -0.2) is 39.4 Å². The van der Waals surface area contributed by atoms with Crippen molar-refractivity contribution in [2.75, 3.05) is 13.6 Å². The van der Waals surface area contributed by atoms with Crippen molar-refractivity contribution >= 4 is 5.91 Å². The minimum atomic E-state index is -0.448. The smallest absolute Gasteiger partial charge is 0.287 e. The molecule has 2 aromatic rings. The fraction of sp³-hybridized carbons (Fsp3) is 0.417. The number of carbonyl (C=O) groups excluding carboxylic acids is 1. The number of aryl methyl sites for hydroxylation is 1. The van der Waals surface area contributed by atoms with Crippen LogP contribution in [0, 0.1) is 6.92 Å². The molecule has 20 heavy (non-hydrogen) atoms. The summed E-state index contributed by atoms with van der Waals surface area (Å²) < 4.78 is 7.12. The Morgan fingerprint density at radius 2 is 2.35 bits per heavy atom. The van der Waals surface area contributed by atoms with E-state index in [9.17, 15) is 4.79 Å². The SMILES string of the molecule is Cc1ccc(CN(C)CCn2cc(C(=O)NN)nn2)o1. The van der Waals surface area contributed by atoms with E-state index >= 15 is 0 Å². The highest BCUT2D eigenvalue weighted by Crippen LogP contribution is 2.08. The Bertz CT molecular complexity index is 576. The number of amides is 1. The lowest BCUT2D eigenvalue weighted by Crippen LogP contribution is -2.30. The van der Waals surface area contributed by atoms with Gasteiger partial charge in [0.25, 0.3) is 5.91 Å². The molecule has 2 aromatic heterocycles. The van der Waals surface area contributed by atoms with Gasteiger partial charge in [0, 0.05) is 6.54 Å². The Labute approximate surface area is 116 Å². The zero-order valence-electron chi connectivity index (χ0n) is 11.5. The maximum Gasteiger partial charge on any atom is 0.287 e. The molecule has 0 saturated heterocycles. The molecule has 0 spiro atoms. The van der Waals surface area contributed by atoms with Crippen LogP contribution < -0.4 is 11.3 Å². The van der Waals surface area contributed by atoms with Crippen LogP contribution in [0.25, 0.3) is 0 Å². The first kappa shape index (κ1) is 14.2. The van der Waals surface area contributed by atoms with E-state index in [1.54, 1.807) is 10.9 Å². The third kappa shape index (κ3) is 3.65. The second kappa shape index (κ2) is 6.31. The van der Waals surface area contributed by atoms with Gasteiger partial charge in [-0.1, -0.05) is 5.21 Å². The number of furan rings is 1. The molecule has 2 rings (SSSR count). The second-order valence-corrected chi connectivity index (χ2v) is 4.59. The third-order valence-electron chi connectivity index (χ3n) is 2.83. The van der Waals surface area contributed by atoms with Gasteiger partial charge in [-0.15, -0.1) is 5.10 Å². The molecule has 0 saturated carbocycles. The van der Waals surface area contributed by atoms with Gasteiger partial charge in [0.15, 0.2) is 5.69 Å². The molecular formula is C12H18N6O2. The largest absolute Gasteiger partial charge is 0.465 e. The minimum Gasteiger partial charge on any atom is -0.465 e. The van der Waals surface area contributed by atoms with Crippen molar-refractivity contribution in [2.45, 2.75) is 20.0 Å². The van der Waals surface area contributed by atoms with E-state index in [0.29, 0.717) is 6.54 Å². The van der Waals surface area contributed by atoms with Crippen molar-refractivity contribution in [1.82, 2.24) is 25.3 Å². The molecule has 0 unspecified atom stereocenters. The number of likely N-dealkylation sites (N-methyl/N-ethyl adjacent to an activating group) is 1. The van der Waals surface area contributed by atoms with Gasteiger partial charge in [-0.25, -0.2) is 5.84 Å². The summed E-state index contributed by atoms with van der Waals surface area (Å²) in [6, 6.07) is 3.91. The Hall–Kier alpha value is -2.19. The zero-order chi connectivity index (χ0) is 14.5. The fourth-order valence-corrected chi connectivity index (χ4v) is 1.77. The molecule has 0 aliphatic rings. The normalized spacial score (nSPS) is 11.0. The van der Waals surface area contributed by atoms with Gasteiger partial charge in [-0.05, 0) is 26.1 Å². The molecular weight excluding hydrogens is 260 g/mol. The van der Waals surface area contributed by atoms with E-state index in [1.165, 1.54) is 0 Å². The average molecular weight is 278 g/mol. The number of nitrogen functional groups attached to an aromatic ring is 1. The van der Waals surface area contributed by atoms with Gasteiger partial charge in [0.2, 0.25) is 0 Å². The van der Waals surface area contributed by atoms with E-state index in [1.807, 2.05) is 31.5 Å². The van der Waals surface area contributed by atoms with Crippen LogP contribution in [0.5, 0.6) is 0 Å². The first-order valence-corrected chi connectivity index (χ1v) is 6.23. The Kier molecular flexibility index (Phi) is 4.49. The highest BCUT2D eigenvalue weighted by atomic mass is 16.3. The topological polar surface area (TPSA) is 102 Å². The van der Waals surface area contributed by atoms with Crippen molar-refractivity contribution in [3.05, 3.63) is 35.5 Å². The van der Waals surface area contributed by atoms with E-state index in [4.69, 9.17) is 10.3 Å². The molecule has 0 atom stereocenters. The molecule has 0 aliphatic carbocycles. The number of nitrogens with two attached hydrogens (primary N) is 1. The average Bonchev–Trinajstić information content (AvgIpc) is 3.05. The van der Waals surface area contributed by atoms with Crippen molar-refractivity contribution < 1.29 is 9.21 Å². The standard InChI is InChI=1S/C12H18N6O2/c1-9-3-4-10(20-9)7-17(2)5-6-18-8-11(15-16-18)12(19)14-13/h3-4,8H,5-7,13H2,1-2H3,(H,14,19). The first-order chi connectivity index (χ1) is 9.58. The minimum absolute atomic E-state index is 0.205. The number of hydrazine groups is 1. The highest BCUT2D eigenvalue weighted by molar-refractivity contribution is 5.91.